The lowest BCUT2D eigenvalue weighted by atomic mass is 10.1. The number of carbonyl (C=O) groups is 1. The first kappa shape index (κ1) is 17.4. The standard InChI is InChI=1S/C17H19N3O4/c1-4-13-7-5-6-11(2)16(13)18-17(22)12(3)19-10-14(20(23)24)8-9-15(19)21/h5-10,12H,4H2,1-3H3,(H,18,22). The molecule has 1 amide bonds. The van der Waals surface area contributed by atoms with Crippen molar-refractivity contribution in [1.29, 1.82) is 0 Å². The number of nitro groups is 1. The van der Waals surface area contributed by atoms with Gasteiger partial charge in [-0.25, -0.2) is 0 Å². The van der Waals surface area contributed by atoms with Gasteiger partial charge in [0.2, 0.25) is 5.91 Å². The Hall–Kier alpha value is -2.96. The molecule has 2 aromatic rings. The molecule has 0 bridgehead atoms. The van der Waals surface area contributed by atoms with Gasteiger partial charge in [0.05, 0.1) is 11.1 Å². The van der Waals surface area contributed by atoms with Gasteiger partial charge >= 0.3 is 0 Å². The third-order valence-corrected chi connectivity index (χ3v) is 3.92. The van der Waals surface area contributed by atoms with Crippen LogP contribution >= 0.6 is 0 Å². The molecule has 0 radical (unpaired) electrons. The summed E-state index contributed by atoms with van der Waals surface area (Å²) < 4.78 is 1.07. The number of pyridine rings is 1. The number of nitrogens with one attached hydrogen (secondary N) is 1. The summed E-state index contributed by atoms with van der Waals surface area (Å²) in [6, 6.07) is 7.07. The number of nitrogens with zero attached hydrogens (tertiary/aromatic N) is 2. The fourth-order valence-electron chi connectivity index (χ4n) is 2.46. The zero-order chi connectivity index (χ0) is 17.9. The smallest absolute Gasteiger partial charge is 0.285 e. The molecule has 0 spiro atoms. The first-order chi connectivity index (χ1) is 11.3. The molecule has 0 saturated heterocycles. The fraction of sp³-hybridized carbons (Fsp3) is 0.294. The summed E-state index contributed by atoms with van der Waals surface area (Å²) in [5.74, 6) is -0.401. The molecule has 1 N–H and O–H groups in total. The average Bonchev–Trinajstić information content (AvgIpc) is 2.56. The molecule has 1 aromatic heterocycles. The lowest BCUT2D eigenvalue weighted by Crippen LogP contribution is -2.31. The topological polar surface area (TPSA) is 94.2 Å². The van der Waals surface area contributed by atoms with Gasteiger partial charge in [-0.2, -0.15) is 0 Å². The third-order valence-electron chi connectivity index (χ3n) is 3.92. The maximum atomic E-state index is 12.5. The van der Waals surface area contributed by atoms with Crippen LogP contribution in [0.25, 0.3) is 0 Å². The van der Waals surface area contributed by atoms with Gasteiger partial charge in [-0.05, 0) is 31.4 Å². The third kappa shape index (κ3) is 3.51. The van der Waals surface area contributed by atoms with Gasteiger partial charge in [0, 0.05) is 17.8 Å². The number of aryl methyl sites for hydroxylation is 2. The highest BCUT2D eigenvalue weighted by Gasteiger charge is 2.20. The van der Waals surface area contributed by atoms with E-state index in [1.807, 2.05) is 32.0 Å². The highest BCUT2D eigenvalue weighted by Crippen LogP contribution is 2.22. The van der Waals surface area contributed by atoms with E-state index in [2.05, 4.69) is 5.32 Å². The molecule has 0 aliphatic heterocycles. The Kier molecular flexibility index (Phi) is 5.13. The zero-order valence-electron chi connectivity index (χ0n) is 13.8. The lowest BCUT2D eigenvalue weighted by Gasteiger charge is -2.18. The van der Waals surface area contributed by atoms with Crippen LogP contribution in [0.4, 0.5) is 11.4 Å². The Morgan fingerprint density at radius 2 is 2.04 bits per heavy atom. The molecule has 1 heterocycles. The number of hydrogen-bond donors (Lipinski definition) is 1. The van der Waals surface area contributed by atoms with Gasteiger partial charge in [-0.15, -0.1) is 0 Å². The summed E-state index contributed by atoms with van der Waals surface area (Å²) in [7, 11) is 0. The SMILES string of the molecule is CCc1cccc(C)c1NC(=O)C(C)n1cc([N+](=O)[O-])ccc1=O. The maximum Gasteiger partial charge on any atom is 0.285 e. The first-order valence-corrected chi connectivity index (χ1v) is 7.61. The first-order valence-electron chi connectivity index (χ1n) is 7.61. The van der Waals surface area contributed by atoms with Crippen LogP contribution in [0.2, 0.25) is 0 Å². The van der Waals surface area contributed by atoms with Crippen LogP contribution in [0, 0.1) is 17.0 Å². The Morgan fingerprint density at radius 1 is 1.33 bits per heavy atom. The molecular formula is C17H19N3O4. The van der Waals surface area contributed by atoms with Crippen LogP contribution in [0.5, 0.6) is 0 Å². The summed E-state index contributed by atoms with van der Waals surface area (Å²) in [6.07, 6.45) is 1.84. The molecule has 0 aliphatic carbocycles. The van der Waals surface area contributed by atoms with E-state index >= 15 is 0 Å². The predicted octanol–water partition coefficient (Wildman–Crippen LogP) is 2.83. The molecule has 0 fully saturated rings. The van der Waals surface area contributed by atoms with Crippen molar-refractivity contribution >= 4 is 17.3 Å². The maximum absolute atomic E-state index is 12.5. The highest BCUT2D eigenvalue weighted by atomic mass is 16.6. The van der Waals surface area contributed by atoms with Crippen LogP contribution < -0.4 is 10.9 Å². The van der Waals surface area contributed by atoms with Crippen molar-refractivity contribution in [3.05, 3.63) is 68.1 Å². The second kappa shape index (κ2) is 7.08. The molecule has 0 saturated carbocycles. The number of rotatable bonds is 5. The van der Waals surface area contributed by atoms with Crippen LogP contribution in [-0.4, -0.2) is 15.4 Å². The molecule has 7 nitrogen and oxygen atoms in total. The number of para-hydroxylation sites is 1. The minimum atomic E-state index is -0.873. The van der Waals surface area contributed by atoms with E-state index in [1.165, 1.54) is 6.92 Å². The van der Waals surface area contributed by atoms with Gasteiger partial charge in [0.1, 0.15) is 6.04 Å². The Bertz CT molecular complexity index is 842. The van der Waals surface area contributed by atoms with Crippen LogP contribution in [0.1, 0.15) is 31.0 Å². The molecule has 0 aliphatic rings. The largest absolute Gasteiger partial charge is 0.324 e. The van der Waals surface area contributed by atoms with E-state index < -0.39 is 22.4 Å². The summed E-state index contributed by atoms with van der Waals surface area (Å²) in [6.45, 7) is 5.40. The second-order valence-corrected chi connectivity index (χ2v) is 5.52. The van der Waals surface area contributed by atoms with Crippen LogP contribution in [0.3, 0.4) is 0 Å². The number of carbonyl (C=O) groups excluding carboxylic acids is 1. The second-order valence-electron chi connectivity index (χ2n) is 5.52. The normalized spacial score (nSPS) is 11.8. The summed E-state index contributed by atoms with van der Waals surface area (Å²) >= 11 is 0. The molecule has 2 rings (SSSR count). The average molecular weight is 329 g/mol. The van der Waals surface area contributed by atoms with Crippen molar-refractivity contribution in [2.75, 3.05) is 5.32 Å². The van der Waals surface area contributed by atoms with E-state index in [1.54, 1.807) is 0 Å². The van der Waals surface area contributed by atoms with E-state index in [9.17, 15) is 19.7 Å². The molecule has 24 heavy (non-hydrogen) atoms. The van der Waals surface area contributed by atoms with Crippen molar-refractivity contribution in [1.82, 2.24) is 4.57 Å². The number of amides is 1. The predicted molar refractivity (Wildman–Crippen MR) is 91.3 cm³/mol. The van der Waals surface area contributed by atoms with Gasteiger partial charge in [0.15, 0.2) is 0 Å². The Labute approximate surface area is 139 Å². The summed E-state index contributed by atoms with van der Waals surface area (Å²) in [4.78, 5) is 34.7. The van der Waals surface area contributed by atoms with E-state index in [0.717, 1.165) is 46.1 Å². The van der Waals surface area contributed by atoms with Crippen LogP contribution in [-0.2, 0) is 11.2 Å². The highest BCUT2D eigenvalue weighted by molar-refractivity contribution is 5.95. The molecule has 1 atom stereocenters. The Morgan fingerprint density at radius 3 is 2.67 bits per heavy atom. The minimum absolute atomic E-state index is 0.237. The number of benzene rings is 1. The van der Waals surface area contributed by atoms with Gasteiger partial charge in [-0.1, -0.05) is 25.1 Å². The quantitative estimate of drug-likeness (QED) is 0.674. The van der Waals surface area contributed by atoms with Gasteiger partial charge < -0.3 is 5.32 Å². The minimum Gasteiger partial charge on any atom is -0.324 e. The Balaban J connectivity index is 2.33. The van der Waals surface area contributed by atoms with Crippen molar-refractivity contribution < 1.29 is 9.72 Å². The van der Waals surface area contributed by atoms with Crippen molar-refractivity contribution in [2.45, 2.75) is 33.2 Å². The lowest BCUT2D eigenvalue weighted by molar-refractivity contribution is -0.385. The van der Waals surface area contributed by atoms with E-state index in [-0.39, 0.29) is 5.69 Å². The summed E-state index contributed by atoms with van der Waals surface area (Å²) in [5, 5.41) is 13.7. The van der Waals surface area contributed by atoms with E-state index in [4.69, 9.17) is 0 Å². The van der Waals surface area contributed by atoms with E-state index in [0.29, 0.717) is 0 Å². The molecule has 126 valence electrons. The summed E-state index contributed by atoms with van der Waals surface area (Å²) in [5.41, 5.74) is 1.92. The van der Waals surface area contributed by atoms with Crippen molar-refractivity contribution in [3.63, 3.8) is 0 Å². The molecule has 7 heteroatoms. The molecule has 1 unspecified atom stereocenters. The van der Waals surface area contributed by atoms with Crippen LogP contribution in [0.15, 0.2) is 41.3 Å². The van der Waals surface area contributed by atoms with Gasteiger partial charge in [0.25, 0.3) is 11.2 Å². The zero-order valence-corrected chi connectivity index (χ0v) is 13.8. The fourth-order valence-corrected chi connectivity index (χ4v) is 2.46. The molecule has 1 aromatic carbocycles. The number of anilines is 1. The molecular weight excluding hydrogens is 310 g/mol. The number of hydrogen-bond acceptors (Lipinski definition) is 4. The van der Waals surface area contributed by atoms with Crippen molar-refractivity contribution in [2.24, 2.45) is 0 Å². The monoisotopic (exact) mass is 329 g/mol. The van der Waals surface area contributed by atoms with Gasteiger partial charge in [-0.3, -0.25) is 24.3 Å². The van der Waals surface area contributed by atoms with Crippen molar-refractivity contribution in [3.8, 4) is 0 Å². The number of aromatic nitrogens is 1.